The summed E-state index contributed by atoms with van der Waals surface area (Å²) < 4.78 is 54.9. The number of fused-ring (bicyclic) bond motifs is 1. The van der Waals surface area contributed by atoms with Crippen molar-refractivity contribution in [1.29, 1.82) is 0 Å². The maximum atomic E-state index is 13.7. The van der Waals surface area contributed by atoms with Gasteiger partial charge in [-0.25, -0.2) is 19.1 Å². The van der Waals surface area contributed by atoms with E-state index in [2.05, 4.69) is 25.2 Å². The van der Waals surface area contributed by atoms with Crippen molar-refractivity contribution in [2.24, 2.45) is 7.05 Å². The van der Waals surface area contributed by atoms with Crippen molar-refractivity contribution in [3.05, 3.63) is 41.5 Å². The smallest absolute Gasteiger partial charge is 0.368 e. The van der Waals surface area contributed by atoms with Gasteiger partial charge in [0, 0.05) is 26.2 Å². The van der Waals surface area contributed by atoms with Crippen molar-refractivity contribution in [3.63, 3.8) is 0 Å². The molecular formula is C23H25F4N7O2. The van der Waals surface area contributed by atoms with Crippen LogP contribution in [0.5, 0.6) is 0 Å². The summed E-state index contributed by atoms with van der Waals surface area (Å²) in [6, 6.07) is 1.15. The Morgan fingerprint density at radius 3 is 2.61 bits per heavy atom. The number of carbonyl (C=O) groups excluding carboxylic acids is 2. The van der Waals surface area contributed by atoms with Gasteiger partial charge in [0.05, 0.1) is 39.9 Å². The lowest BCUT2D eigenvalue weighted by molar-refractivity contribution is -0.140. The fourth-order valence-electron chi connectivity index (χ4n) is 4.46. The number of imide groups is 1. The Morgan fingerprint density at radius 1 is 1.28 bits per heavy atom. The third-order valence-electron chi connectivity index (χ3n) is 6.31. The molecule has 192 valence electrons. The van der Waals surface area contributed by atoms with Crippen LogP contribution in [0.3, 0.4) is 0 Å². The van der Waals surface area contributed by atoms with Gasteiger partial charge < -0.3 is 15.1 Å². The average molecular weight is 507 g/mol. The third-order valence-corrected chi connectivity index (χ3v) is 6.31. The predicted octanol–water partition coefficient (Wildman–Crippen LogP) is 3.77. The van der Waals surface area contributed by atoms with Gasteiger partial charge in [-0.3, -0.25) is 9.48 Å². The molecule has 0 aliphatic carbocycles. The Morgan fingerprint density at radius 2 is 2.00 bits per heavy atom. The van der Waals surface area contributed by atoms with Crippen LogP contribution in [-0.4, -0.2) is 65.3 Å². The first-order chi connectivity index (χ1) is 16.9. The zero-order valence-electron chi connectivity index (χ0n) is 20.1. The van der Waals surface area contributed by atoms with E-state index in [9.17, 15) is 27.2 Å². The van der Waals surface area contributed by atoms with E-state index in [1.165, 1.54) is 6.20 Å². The van der Waals surface area contributed by atoms with E-state index in [1.807, 2.05) is 21.0 Å². The molecular weight excluding hydrogens is 482 g/mol. The van der Waals surface area contributed by atoms with Gasteiger partial charge in [0.25, 0.3) is 0 Å². The quantitative estimate of drug-likeness (QED) is 0.418. The minimum Gasteiger partial charge on any atom is -0.368 e. The van der Waals surface area contributed by atoms with Crippen LogP contribution >= 0.6 is 0 Å². The summed E-state index contributed by atoms with van der Waals surface area (Å²) in [5.74, 6) is -1.51. The number of likely N-dealkylation sites (N-methyl/N-ethyl adjacent to an activating group) is 1. The molecule has 1 aliphatic rings. The molecule has 1 N–H and O–H groups in total. The standard InChI is InChI=1S/C23H25F4N7O2/c1-13-19-20(33-8-7-15(11-33)31(2)3)18(10-28-21(19)32(4)30-13)29-22(36)34(12-35)14-5-6-17(24)16(9-14)23(25,26)27/h5-6,9-10,12,15H,7-8,11H2,1-4H3,(H,29,36). The van der Waals surface area contributed by atoms with E-state index >= 15 is 0 Å². The lowest BCUT2D eigenvalue weighted by Gasteiger charge is -2.26. The Kier molecular flexibility index (Phi) is 6.60. The molecule has 0 saturated carbocycles. The van der Waals surface area contributed by atoms with Gasteiger partial charge in [-0.2, -0.15) is 18.3 Å². The zero-order chi connectivity index (χ0) is 26.4. The highest BCUT2D eigenvalue weighted by molar-refractivity contribution is 6.14. The normalized spacial score (nSPS) is 16.1. The molecule has 0 spiro atoms. The number of halogens is 4. The number of alkyl halides is 3. The van der Waals surface area contributed by atoms with Gasteiger partial charge in [-0.1, -0.05) is 0 Å². The number of hydrogen-bond acceptors (Lipinski definition) is 6. The average Bonchev–Trinajstić information content (AvgIpc) is 3.39. The number of rotatable bonds is 5. The molecule has 1 unspecified atom stereocenters. The molecule has 13 heteroatoms. The number of urea groups is 1. The molecule has 1 aromatic carbocycles. The van der Waals surface area contributed by atoms with E-state index in [1.54, 1.807) is 11.7 Å². The summed E-state index contributed by atoms with van der Waals surface area (Å²) >= 11 is 0. The zero-order valence-corrected chi connectivity index (χ0v) is 20.1. The maximum Gasteiger partial charge on any atom is 0.419 e. The summed E-state index contributed by atoms with van der Waals surface area (Å²) in [5.41, 5.74) is 0.186. The summed E-state index contributed by atoms with van der Waals surface area (Å²) in [7, 11) is 5.71. The van der Waals surface area contributed by atoms with Crippen molar-refractivity contribution >= 4 is 40.5 Å². The van der Waals surface area contributed by atoms with Crippen molar-refractivity contribution < 1.29 is 27.2 Å². The minimum absolute atomic E-state index is 0.0710. The number of hydrogen-bond donors (Lipinski definition) is 1. The second-order valence-corrected chi connectivity index (χ2v) is 8.85. The number of carbonyl (C=O) groups is 2. The summed E-state index contributed by atoms with van der Waals surface area (Å²) in [5, 5.41) is 7.76. The number of anilines is 3. The fraction of sp³-hybridized carbons (Fsp3) is 0.391. The first-order valence-electron chi connectivity index (χ1n) is 11.1. The number of benzene rings is 1. The number of aryl methyl sites for hydroxylation is 2. The maximum absolute atomic E-state index is 13.7. The highest BCUT2D eigenvalue weighted by Gasteiger charge is 2.35. The molecule has 4 rings (SSSR count). The van der Waals surface area contributed by atoms with Crippen LogP contribution in [0.2, 0.25) is 0 Å². The molecule has 9 nitrogen and oxygen atoms in total. The Labute approximate surface area is 204 Å². The Balaban J connectivity index is 1.74. The minimum atomic E-state index is -5.00. The lowest BCUT2D eigenvalue weighted by atomic mass is 10.1. The molecule has 3 amide bonds. The van der Waals surface area contributed by atoms with Crippen LogP contribution in [0.25, 0.3) is 11.0 Å². The SMILES string of the molecule is Cc1nn(C)c2ncc(NC(=O)N(C=O)c3ccc(F)c(C(F)(F)F)c3)c(N3CCC(N(C)C)C3)c12. The van der Waals surface area contributed by atoms with E-state index in [-0.39, 0.29) is 18.1 Å². The second kappa shape index (κ2) is 9.37. The van der Waals surface area contributed by atoms with E-state index in [4.69, 9.17) is 0 Å². The van der Waals surface area contributed by atoms with Crippen molar-refractivity contribution in [3.8, 4) is 0 Å². The molecule has 1 fully saturated rings. The number of nitrogens with zero attached hydrogens (tertiary/aromatic N) is 6. The largest absolute Gasteiger partial charge is 0.419 e. The first-order valence-corrected chi connectivity index (χ1v) is 11.1. The molecule has 3 aromatic rings. The molecule has 1 saturated heterocycles. The van der Waals surface area contributed by atoms with Crippen molar-refractivity contribution in [1.82, 2.24) is 19.7 Å². The fourth-order valence-corrected chi connectivity index (χ4v) is 4.46. The number of nitrogens with one attached hydrogen (secondary N) is 1. The lowest BCUT2D eigenvalue weighted by Crippen LogP contribution is -2.35. The predicted molar refractivity (Wildman–Crippen MR) is 127 cm³/mol. The Hall–Kier alpha value is -3.74. The van der Waals surface area contributed by atoms with E-state index in [0.29, 0.717) is 52.5 Å². The summed E-state index contributed by atoms with van der Waals surface area (Å²) in [6.07, 6.45) is -2.63. The Bertz CT molecular complexity index is 1320. The van der Waals surface area contributed by atoms with E-state index < -0.39 is 29.3 Å². The molecule has 36 heavy (non-hydrogen) atoms. The van der Waals surface area contributed by atoms with Gasteiger partial charge >= 0.3 is 12.2 Å². The van der Waals surface area contributed by atoms with Gasteiger partial charge in [-0.05, 0) is 45.6 Å². The second-order valence-electron chi connectivity index (χ2n) is 8.85. The number of pyridine rings is 1. The van der Waals surface area contributed by atoms with Crippen molar-refractivity contribution in [2.75, 3.05) is 42.3 Å². The molecule has 3 heterocycles. The first kappa shape index (κ1) is 25.4. The molecule has 0 radical (unpaired) electrons. The highest BCUT2D eigenvalue weighted by Crippen LogP contribution is 2.38. The van der Waals surface area contributed by atoms with Crippen LogP contribution in [0, 0.1) is 12.7 Å². The number of amides is 3. The molecule has 1 atom stereocenters. The van der Waals surface area contributed by atoms with Crippen LogP contribution in [0.15, 0.2) is 24.4 Å². The van der Waals surface area contributed by atoms with E-state index in [0.717, 1.165) is 12.5 Å². The summed E-state index contributed by atoms with van der Waals surface area (Å²) in [4.78, 5) is 33.9. The monoisotopic (exact) mass is 507 g/mol. The number of aromatic nitrogens is 3. The third kappa shape index (κ3) is 4.57. The van der Waals surface area contributed by atoms with Crippen LogP contribution in [0.1, 0.15) is 17.7 Å². The molecule has 2 aromatic heterocycles. The highest BCUT2D eigenvalue weighted by atomic mass is 19.4. The molecule has 0 bridgehead atoms. The van der Waals surface area contributed by atoms with Crippen molar-refractivity contribution in [2.45, 2.75) is 25.6 Å². The van der Waals surface area contributed by atoms with Crippen LogP contribution < -0.4 is 15.1 Å². The summed E-state index contributed by atoms with van der Waals surface area (Å²) in [6.45, 7) is 3.16. The van der Waals surface area contributed by atoms with Gasteiger partial charge in [0.1, 0.15) is 5.82 Å². The van der Waals surface area contributed by atoms with Gasteiger partial charge in [-0.15, -0.1) is 0 Å². The van der Waals surface area contributed by atoms with Crippen LogP contribution in [-0.2, 0) is 18.0 Å². The van der Waals surface area contributed by atoms with Gasteiger partial charge in [0.2, 0.25) is 6.41 Å². The molecule has 1 aliphatic heterocycles. The van der Waals surface area contributed by atoms with Gasteiger partial charge in [0.15, 0.2) is 5.65 Å². The van der Waals surface area contributed by atoms with Crippen LogP contribution in [0.4, 0.5) is 39.4 Å². The topological polar surface area (TPSA) is 86.6 Å².